The zero-order valence-corrected chi connectivity index (χ0v) is 26.5. The van der Waals surface area contributed by atoms with E-state index in [1.54, 1.807) is 11.9 Å². The van der Waals surface area contributed by atoms with E-state index in [-0.39, 0.29) is 12.5 Å². The molecule has 2 aliphatic rings. The Labute approximate surface area is 254 Å². The molecule has 3 N–H and O–H groups in total. The number of aromatic amines is 2. The number of carbonyl (C=O) groups excluding carboxylic acids is 1. The number of hydrogen-bond acceptors (Lipinski definition) is 4. The molecule has 0 saturated carbocycles. The van der Waals surface area contributed by atoms with Gasteiger partial charge in [0.1, 0.15) is 0 Å². The van der Waals surface area contributed by atoms with Gasteiger partial charge >= 0.3 is 0 Å². The summed E-state index contributed by atoms with van der Waals surface area (Å²) in [6.45, 7) is 17.5. The van der Waals surface area contributed by atoms with E-state index in [0.717, 1.165) is 84.7 Å². The molecule has 7 nitrogen and oxygen atoms in total. The minimum atomic E-state index is 0.0608. The van der Waals surface area contributed by atoms with Gasteiger partial charge in [0.05, 0.1) is 22.8 Å². The van der Waals surface area contributed by atoms with E-state index >= 15 is 0 Å². The standard InChI is InChI=1S/C36H43N5O2/c1-9-25-22(5)31-19-34-26(10-2)21(4)30(38-34)18-32-23(6)27(12-13-35(43)41(8)14-11-15-42)36(40-32)24(7)29-16-20(3)28(37-29)17-33(25)39-31/h10,16-19,37,39,42H,2,9,11-15H2,1,3-8H3. The highest BCUT2D eigenvalue weighted by atomic mass is 16.3. The average molecular weight is 578 g/mol. The lowest BCUT2D eigenvalue weighted by molar-refractivity contribution is -0.129. The highest BCUT2D eigenvalue weighted by Crippen LogP contribution is 2.38. The van der Waals surface area contributed by atoms with Crippen molar-refractivity contribution in [1.82, 2.24) is 24.8 Å². The Morgan fingerprint density at radius 2 is 1.60 bits per heavy atom. The van der Waals surface area contributed by atoms with E-state index in [1.165, 1.54) is 11.1 Å². The summed E-state index contributed by atoms with van der Waals surface area (Å²) in [5, 5.41) is 9.19. The number of nitrogens with one attached hydrogen (secondary N) is 2. The summed E-state index contributed by atoms with van der Waals surface area (Å²) in [5.74, 6) is 0.0608. The molecule has 3 aromatic heterocycles. The van der Waals surface area contributed by atoms with Gasteiger partial charge in [-0.15, -0.1) is 0 Å². The number of carbonyl (C=O) groups is 1. The Hall–Kier alpha value is -4.23. The van der Waals surface area contributed by atoms with Crippen LogP contribution in [0.5, 0.6) is 0 Å². The van der Waals surface area contributed by atoms with Crippen molar-refractivity contribution in [3.8, 4) is 0 Å². The van der Waals surface area contributed by atoms with Crippen LogP contribution in [0.4, 0.5) is 0 Å². The summed E-state index contributed by atoms with van der Waals surface area (Å²) in [4.78, 5) is 32.2. The number of aliphatic hydroxyl groups excluding tert-OH is 1. The molecule has 5 rings (SSSR count). The smallest absolute Gasteiger partial charge is 0.222 e. The topological polar surface area (TPSA) is 97.9 Å². The van der Waals surface area contributed by atoms with Crippen LogP contribution in [0, 0.1) is 20.8 Å². The minimum Gasteiger partial charge on any atom is -0.396 e. The van der Waals surface area contributed by atoms with Gasteiger partial charge in [-0.3, -0.25) is 4.79 Å². The van der Waals surface area contributed by atoms with Gasteiger partial charge in [0.2, 0.25) is 5.91 Å². The Morgan fingerprint density at radius 3 is 2.30 bits per heavy atom. The Morgan fingerprint density at radius 1 is 0.907 bits per heavy atom. The lowest BCUT2D eigenvalue weighted by Gasteiger charge is -2.17. The number of fused-ring (bicyclic) bond motifs is 8. The van der Waals surface area contributed by atoms with Crippen LogP contribution in [0.3, 0.4) is 0 Å². The molecular weight excluding hydrogens is 534 g/mol. The van der Waals surface area contributed by atoms with Crippen LogP contribution >= 0.6 is 0 Å². The van der Waals surface area contributed by atoms with Crippen molar-refractivity contribution in [3.05, 3.63) is 81.9 Å². The second kappa shape index (κ2) is 12.2. The van der Waals surface area contributed by atoms with Gasteiger partial charge in [-0.1, -0.05) is 19.6 Å². The first-order valence-corrected chi connectivity index (χ1v) is 15.2. The normalized spacial score (nSPS) is 13.2. The molecule has 1 amide bonds. The number of nitrogens with zero attached hydrogens (tertiary/aromatic N) is 3. The highest BCUT2D eigenvalue weighted by Gasteiger charge is 2.23. The van der Waals surface area contributed by atoms with Crippen molar-refractivity contribution in [1.29, 1.82) is 0 Å². The quantitative estimate of drug-likeness (QED) is 0.259. The summed E-state index contributed by atoms with van der Waals surface area (Å²) < 4.78 is 0. The third-order valence-corrected chi connectivity index (χ3v) is 8.99. The first-order chi connectivity index (χ1) is 20.6. The molecule has 7 heteroatoms. The van der Waals surface area contributed by atoms with Crippen molar-refractivity contribution in [2.45, 2.75) is 67.2 Å². The summed E-state index contributed by atoms with van der Waals surface area (Å²) in [6, 6.07) is 8.59. The second-order valence-electron chi connectivity index (χ2n) is 11.7. The lowest BCUT2D eigenvalue weighted by Crippen LogP contribution is -2.28. The van der Waals surface area contributed by atoms with Gasteiger partial charge in [0, 0.05) is 54.3 Å². The number of hydrogen-bond donors (Lipinski definition) is 3. The molecule has 0 saturated heterocycles. The van der Waals surface area contributed by atoms with Crippen LogP contribution in [-0.2, 0) is 11.2 Å². The molecule has 0 aromatic carbocycles. The van der Waals surface area contributed by atoms with E-state index in [2.05, 4.69) is 82.4 Å². The Kier molecular flexibility index (Phi) is 8.56. The molecule has 224 valence electrons. The third-order valence-electron chi connectivity index (χ3n) is 8.99. The van der Waals surface area contributed by atoms with Crippen molar-refractivity contribution in [3.63, 3.8) is 0 Å². The Bertz CT molecular complexity index is 1850. The second-order valence-corrected chi connectivity index (χ2v) is 11.7. The van der Waals surface area contributed by atoms with Crippen molar-refractivity contribution < 1.29 is 9.90 Å². The molecule has 0 atom stereocenters. The summed E-state index contributed by atoms with van der Waals surface area (Å²) in [7, 11) is 1.80. The van der Waals surface area contributed by atoms with Gasteiger partial charge < -0.3 is 20.0 Å². The fraction of sp³-hybridized carbons (Fsp3) is 0.361. The fourth-order valence-electron chi connectivity index (χ4n) is 6.19. The molecule has 0 fully saturated rings. The fourth-order valence-corrected chi connectivity index (χ4v) is 6.19. The number of H-pyrrole nitrogens is 2. The van der Waals surface area contributed by atoms with Crippen LogP contribution in [0.25, 0.3) is 44.4 Å². The molecule has 0 radical (unpaired) electrons. The molecule has 0 aliphatic carbocycles. The monoisotopic (exact) mass is 577 g/mol. The summed E-state index contributed by atoms with van der Waals surface area (Å²) in [5.41, 5.74) is 16.7. The molecule has 43 heavy (non-hydrogen) atoms. The van der Waals surface area contributed by atoms with Gasteiger partial charge in [0.15, 0.2) is 0 Å². The van der Waals surface area contributed by atoms with Gasteiger partial charge in [-0.05, 0) is 117 Å². The first-order valence-electron chi connectivity index (χ1n) is 15.2. The summed E-state index contributed by atoms with van der Waals surface area (Å²) in [6.07, 6.45) is 4.32. The van der Waals surface area contributed by atoms with E-state index < -0.39 is 0 Å². The number of aromatic nitrogens is 4. The predicted molar refractivity (Wildman–Crippen MR) is 178 cm³/mol. The first kappa shape index (κ1) is 30.2. The van der Waals surface area contributed by atoms with Crippen LogP contribution in [-0.4, -0.2) is 56.0 Å². The maximum atomic E-state index is 13.0. The van der Waals surface area contributed by atoms with Crippen molar-refractivity contribution in [2.75, 3.05) is 20.2 Å². The number of allylic oxidation sites excluding steroid dienone is 5. The van der Waals surface area contributed by atoms with Crippen molar-refractivity contribution >= 4 is 50.3 Å². The van der Waals surface area contributed by atoms with E-state index in [4.69, 9.17) is 9.97 Å². The molecule has 0 unspecified atom stereocenters. The molecular formula is C36H43N5O2. The number of aryl methyl sites for hydroxylation is 4. The SMILES string of the molecule is C=CC1=C(C)c2cc3nc(c(C)c4cc(C)c(cc5[nH]c(cc1n2)c(C)c5CC)[nH]4)C(CCC(=O)N(C)CCCO)=C3C. The minimum absolute atomic E-state index is 0.0608. The van der Waals surface area contributed by atoms with Crippen molar-refractivity contribution in [2.24, 2.45) is 0 Å². The molecule has 8 bridgehead atoms. The molecule has 2 aliphatic heterocycles. The zero-order chi connectivity index (χ0) is 31.0. The molecule has 3 aromatic rings. The summed E-state index contributed by atoms with van der Waals surface area (Å²) >= 11 is 0. The number of aliphatic hydroxyl groups is 1. The highest BCUT2D eigenvalue weighted by molar-refractivity contribution is 5.98. The van der Waals surface area contributed by atoms with Gasteiger partial charge in [0.25, 0.3) is 0 Å². The predicted octanol–water partition coefficient (Wildman–Crippen LogP) is 7.47. The third kappa shape index (κ3) is 5.62. The van der Waals surface area contributed by atoms with Gasteiger partial charge in [-0.2, -0.15) is 0 Å². The maximum Gasteiger partial charge on any atom is 0.222 e. The van der Waals surface area contributed by atoms with Gasteiger partial charge in [-0.25, -0.2) is 9.97 Å². The number of rotatable bonds is 8. The molecule has 0 spiro atoms. The van der Waals surface area contributed by atoms with E-state index in [0.29, 0.717) is 25.8 Å². The van der Waals surface area contributed by atoms with E-state index in [1.807, 2.05) is 6.08 Å². The van der Waals surface area contributed by atoms with Crippen LogP contribution < -0.4 is 0 Å². The number of amides is 1. The lowest BCUT2D eigenvalue weighted by atomic mass is 9.98. The van der Waals surface area contributed by atoms with Crippen LogP contribution in [0.1, 0.15) is 85.1 Å². The molecule has 5 heterocycles. The largest absolute Gasteiger partial charge is 0.396 e. The maximum absolute atomic E-state index is 13.0. The van der Waals surface area contributed by atoms with Crippen LogP contribution in [0.2, 0.25) is 0 Å². The average Bonchev–Trinajstić information content (AvgIpc) is 3.68. The van der Waals surface area contributed by atoms with Crippen LogP contribution in [0.15, 0.2) is 36.9 Å². The Balaban J connectivity index is 1.79. The zero-order valence-electron chi connectivity index (χ0n) is 26.5. The van der Waals surface area contributed by atoms with E-state index in [9.17, 15) is 9.90 Å².